The maximum atomic E-state index is 13.6. The van der Waals surface area contributed by atoms with E-state index >= 15 is 0 Å². The molecular weight excluding hydrogens is 310 g/mol. The number of aromatic nitrogens is 4. The van der Waals surface area contributed by atoms with Crippen molar-refractivity contribution in [3.63, 3.8) is 0 Å². The summed E-state index contributed by atoms with van der Waals surface area (Å²) < 4.78 is 51.0. The molecule has 0 aliphatic carbocycles. The molecule has 0 aliphatic heterocycles. The van der Waals surface area contributed by atoms with E-state index in [1.807, 2.05) is 0 Å². The monoisotopic (exact) mass is 318 g/mol. The van der Waals surface area contributed by atoms with Crippen molar-refractivity contribution in [1.29, 1.82) is 0 Å². The van der Waals surface area contributed by atoms with Gasteiger partial charge in [0.05, 0.1) is 12.6 Å². The summed E-state index contributed by atoms with van der Waals surface area (Å²) in [7, 11) is -2.97. The molecule has 1 heterocycles. The van der Waals surface area contributed by atoms with Crippen molar-refractivity contribution in [2.75, 3.05) is 0 Å². The zero-order valence-corrected chi connectivity index (χ0v) is 11.3. The van der Waals surface area contributed by atoms with Gasteiger partial charge < -0.3 is 5.11 Å². The molecule has 0 saturated carbocycles. The summed E-state index contributed by atoms with van der Waals surface area (Å²) in [6.07, 6.45) is 0. The molecule has 8 nitrogen and oxygen atoms in total. The molecule has 0 amide bonds. The third-order valence-electron chi connectivity index (χ3n) is 2.45. The van der Waals surface area contributed by atoms with Crippen molar-refractivity contribution in [2.24, 2.45) is 7.05 Å². The molecule has 11 heteroatoms. The molecule has 21 heavy (non-hydrogen) atoms. The number of rotatable bonds is 4. The Bertz CT molecular complexity index is 818. The van der Waals surface area contributed by atoms with Crippen LogP contribution in [0.2, 0.25) is 0 Å². The molecule has 0 fully saturated rings. The first kappa shape index (κ1) is 15.0. The third-order valence-corrected chi connectivity index (χ3v) is 4.05. The molecule has 1 aromatic heterocycles. The summed E-state index contributed by atoms with van der Waals surface area (Å²) in [6, 6.07) is 0.948. The fourth-order valence-electron chi connectivity index (χ4n) is 1.54. The molecule has 0 unspecified atom stereocenters. The maximum absolute atomic E-state index is 13.6. The van der Waals surface area contributed by atoms with Crippen molar-refractivity contribution < 1.29 is 27.1 Å². The molecule has 0 aliphatic rings. The van der Waals surface area contributed by atoms with Gasteiger partial charge in [-0.05, 0) is 17.3 Å². The molecule has 1 aromatic carbocycles. The van der Waals surface area contributed by atoms with E-state index in [-0.39, 0.29) is 5.82 Å². The second-order valence-corrected chi connectivity index (χ2v) is 5.99. The van der Waals surface area contributed by atoms with Crippen LogP contribution in [0.25, 0.3) is 0 Å². The highest BCUT2D eigenvalue weighted by atomic mass is 32.2. The van der Waals surface area contributed by atoms with Gasteiger partial charge in [0, 0.05) is 0 Å². The van der Waals surface area contributed by atoms with E-state index in [2.05, 4.69) is 15.4 Å². The molecule has 2 aromatic rings. The molecule has 0 atom stereocenters. The number of tetrazole rings is 1. The van der Waals surface area contributed by atoms with Gasteiger partial charge in [-0.1, -0.05) is 0 Å². The van der Waals surface area contributed by atoms with Crippen LogP contribution < -0.4 is 0 Å². The molecular formula is C10H8F2N4O4S. The summed E-state index contributed by atoms with van der Waals surface area (Å²) in [5.41, 5.74) is -0.681. The Balaban J connectivity index is 2.51. The van der Waals surface area contributed by atoms with Gasteiger partial charge in [0.15, 0.2) is 27.3 Å². The standard InChI is InChI=1S/C10H8F2N4O4S/c1-16-14-8(13-15-16)4-21(19,20)7-3-5(10(17)18)2-6(11)9(7)12/h2-3H,4H2,1H3,(H,17,18). The Hall–Kier alpha value is -2.43. The number of hydrogen-bond donors (Lipinski definition) is 1. The number of halogens is 2. The van der Waals surface area contributed by atoms with E-state index in [0.717, 1.165) is 4.80 Å². The van der Waals surface area contributed by atoms with Crippen molar-refractivity contribution in [1.82, 2.24) is 20.2 Å². The number of aryl methyl sites for hydroxylation is 1. The Labute approximate surface area is 116 Å². The van der Waals surface area contributed by atoms with Gasteiger partial charge >= 0.3 is 5.97 Å². The topological polar surface area (TPSA) is 115 Å². The fourth-order valence-corrected chi connectivity index (χ4v) is 2.83. The van der Waals surface area contributed by atoms with E-state index in [0.29, 0.717) is 12.1 Å². The SMILES string of the molecule is Cn1nnc(CS(=O)(=O)c2cc(C(=O)O)cc(F)c2F)n1. The number of carboxylic acid groups (broad SMARTS) is 1. The maximum Gasteiger partial charge on any atom is 0.335 e. The average Bonchev–Trinajstić information content (AvgIpc) is 2.76. The summed E-state index contributed by atoms with van der Waals surface area (Å²) >= 11 is 0. The number of carboxylic acids is 1. The lowest BCUT2D eigenvalue weighted by molar-refractivity contribution is 0.0696. The molecule has 1 N–H and O–H groups in total. The van der Waals surface area contributed by atoms with Crippen molar-refractivity contribution in [2.45, 2.75) is 10.6 Å². The number of aromatic carboxylic acids is 1. The summed E-state index contributed by atoms with van der Waals surface area (Å²) in [6.45, 7) is 0. The molecule has 0 spiro atoms. The van der Waals surface area contributed by atoms with Crippen LogP contribution in [0.3, 0.4) is 0 Å². The van der Waals surface area contributed by atoms with Gasteiger partial charge in [0.2, 0.25) is 0 Å². The first-order valence-electron chi connectivity index (χ1n) is 5.38. The van der Waals surface area contributed by atoms with Crippen LogP contribution in [0, 0.1) is 11.6 Å². The van der Waals surface area contributed by atoms with Crippen LogP contribution in [-0.4, -0.2) is 39.7 Å². The Morgan fingerprint density at radius 2 is 2.05 bits per heavy atom. The number of sulfone groups is 1. The molecule has 112 valence electrons. The Kier molecular flexibility index (Phi) is 3.68. The minimum absolute atomic E-state index is 0.224. The highest BCUT2D eigenvalue weighted by molar-refractivity contribution is 7.90. The van der Waals surface area contributed by atoms with Crippen LogP contribution >= 0.6 is 0 Å². The molecule has 2 rings (SSSR count). The van der Waals surface area contributed by atoms with Crippen LogP contribution in [0.15, 0.2) is 17.0 Å². The average molecular weight is 318 g/mol. The van der Waals surface area contributed by atoms with E-state index < -0.39 is 43.7 Å². The Morgan fingerprint density at radius 1 is 1.38 bits per heavy atom. The highest BCUT2D eigenvalue weighted by Crippen LogP contribution is 2.22. The summed E-state index contributed by atoms with van der Waals surface area (Å²) in [5.74, 6) is -5.86. The van der Waals surface area contributed by atoms with E-state index in [9.17, 15) is 22.0 Å². The lowest BCUT2D eigenvalue weighted by atomic mass is 10.2. The lowest BCUT2D eigenvalue weighted by Crippen LogP contribution is -2.12. The van der Waals surface area contributed by atoms with Crippen molar-refractivity contribution in [3.05, 3.63) is 35.2 Å². The zero-order valence-electron chi connectivity index (χ0n) is 10.5. The van der Waals surface area contributed by atoms with Crippen LogP contribution in [0.1, 0.15) is 16.2 Å². The molecule has 0 saturated heterocycles. The predicted octanol–water partition coefficient (Wildman–Crippen LogP) is 0.160. The normalized spacial score (nSPS) is 11.6. The van der Waals surface area contributed by atoms with Gasteiger partial charge in [0.1, 0.15) is 10.6 Å². The fraction of sp³-hybridized carbons (Fsp3) is 0.200. The summed E-state index contributed by atoms with van der Waals surface area (Å²) in [5, 5.41) is 19.2. The second kappa shape index (κ2) is 5.16. The largest absolute Gasteiger partial charge is 0.478 e. The molecule has 0 radical (unpaired) electrons. The predicted molar refractivity (Wildman–Crippen MR) is 63.0 cm³/mol. The Morgan fingerprint density at radius 3 is 2.57 bits per heavy atom. The third kappa shape index (κ3) is 3.02. The first-order valence-corrected chi connectivity index (χ1v) is 7.04. The van der Waals surface area contributed by atoms with E-state index in [4.69, 9.17) is 5.11 Å². The van der Waals surface area contributed by atoms with Gasteiger partial charge in [-0.2, -0.15) is 4.80 Å². The summed E-state index contributed by atoms with van der Waals surface area (Å²) in [4.78, 5) is 10.7. The van der Waals surface area contributed by atoms with Crippen LogP contribution in [0.4, 0.5) is 8.78 Å². The van der Waals surface area contributed by atoms with E-state index in [1.165, 1.54) is 7.05 Å². The number of hydrogen-bond acceptors (Lipinski definition) is 6. The zero-order chi connectivity index (χ0) is 15.8. The van der Waals surface area contributed by atoms with Crippen molar-refractivity contribution >= 4 is 15.8 Å². The van der Waals surface area contributed by atoms with Gasteiger partial charge in [-0.15, -0.1) is 10.2 Å². The van der Waals surface area contributed by atoms with Gasteiger partial charge in [-0.25, -0.2) is 22.0 Å². The van der Waals surface area contributed by atoms with Crippen molar-refractivity contribution in [3.8, 4) is 0 Å². The molecule has 0 bridgehead atoms. The number of carbonyl (C=O) groups is 1. The quantitative estimate of drug-likeness (QED) is 0.853. The second-order valence-electron chi connectivity index (χ2n) is 4.03. The smallest absolute Gasteiger partial charge is 0.335 e. The number of nitrogens with zero attached hydrogens (tertiary/aromatic N) is 4. The number of benzene rings is 1. The van der Waals surface area contributed by atoms with E-state index in [1.54, 1.807) is 0 Å². The van der Waals surface area contributed by atoms with Gasteiger partial charge in [-0.3, -0.25) is 0 Å². The first-order chi connectivity index (χ1) is 9.70. The lowest BCUT2D eigenvalue weighted by Gasteiger charge is -2.06. The minimum atomic E-state index is -4.37. The van der Waals surface area contributed by atoms with Crippen LogP contribution in [-0.2, 0) is 22.6 Å². The highest BCUT2D eigenvalue weighted by Gasteiger charge is 2.26. The van der Waals surface area contributed by atoms with Gasteiger partial charge in [0.25, 0.3) is 0 Å². The van der Waals surface area contributed by atoms with Crippen LogP contribution in [0.5, 0.6) is 0 Å². The minimum Gasteiger partial charge on any atom is -0.478 e.